The zero-order valence-corrected chi connectivity index (χ0v) is 49.2. The van der Waals surface area contributed by atoms with Gasteiger partial charge in [0, 0.05) is 112 Å². The predicted molar refractivity (Wildman–Crippen MR) is 324 cm³/mol. The number of allylic oxidation sites excluding steroid dienone is 1. The van der Waals surface area contributed by atoms with E-state index < -0.39 is 61.1 Å². The Balaban J connectivity index is 0.708. The Hall–Kier alpha value is -8.67. The maximum Gasteiger partial charge on any atom is 0.293 e. The Labute approximate surface area is 501 Å². The molecule has 3 saturated heterocycles. The second-order valence-corrected chi connectivity index (χ2v) is 25.5. The third-order valence-corrected chi connectivity index (χ3v) is 18.4. The normalized spacial score (nSPS) is 19.1. The van der Waals surface area contributed by atoms with Crippen molar-refractivity contribution in [3.05, 3.63) is 146 Å². The molecule has 6 amide bonds. The van der Waals surface area contributed by atoms with Crippen LogP contribution in [0.1, 0.15) is 108 Å². The van der Waals surface area contributed by atoms with Crippen molar-refractivity contribution in [2.45, 2.75) is 82.6 Å². The monoisotopic (exact) mass is 1210 g/mol. The molecular weight excluding hydrogens is 1140 g/mol. The number of fused-ring (bicyclic) bond motifs is 2. The number of nitrogens with one attached hydrogen (secondary N) is 5. The lowest BCUT2D eigenvalue weighted by molar-refractivity contribution is -0.384. The van der Waals surface area contributed by atoms with Gasteiger partial charge in [0.15, 0.2) is 0 Å². The van der Waals surface area contributed by atoms with Gasteiger partial charge in [0.2, 0.25) is 17.7 Å². The average Bonchev–Trinajstić information content (AvgIpc) is 1.84. The molecule has 2 atom stereocenters. The Morgan fingerprint density at radius 2 is 1.70 bits per heavy atom. The zero-order chi connectivity index (χ0) is 60.4. The van der Waals surface area contributed by atoms with E-state index in [9.17, 15) is 47.3 Å². The minimum atomic E-state index is -4.70. The molecule has 5 aliphatic rings. The van der Waals surface area contributed by atoms with Crippen LogP contribution in [0, 0.1) is 21.4 Å². The van der Waals surface area contributed by atoms with Crippen molar-refractivity contribution < 1.29 is 46.8 Å². The van der Waals surface area contributed by atoms with E-state index in [4.69, 9.17) is 16.3 Å². The number of carbonyl (C=O) groups is 6. The molecule has 0 spiro atoms. The largest absolute Gasteiger partial charge is 0.455 e. The summed E-state index contributed by atoms with van der Waals surface area (Å²) in [6.07, 6.45) is 8.34. The minimum absolute atomic E-state index is 0.00242. The van der Waals surface area contributed by atoms with E-state index in [1.165, 1.54) is 47.2 Å². The molecular formula is C62H66ClN11O11S. The Bertz CT molecular complexity index is 3840. The van der Waals surface area contributed by atoms with Gasteiger partial charge in [-0.3, -0.25) is 54.0 Å². The van der Waals surface area contributed by atoms with E-state index >= 15 is 0 Å². The first-order valence-corrected chi connectivity index (χ1v) is 30.8. The third kappa shape index (κ3) is 12.9. The van der Waals surface area contributed by atoms with Crippen LogP contribution >= 0.6 is 11.6 Å². The molecule has 448 valence electrons. The van der Waals surface area contributed by atoms with Crippen LogP contribution in [-0.2, 0) is 24.4 Å². The number of imide groups is 2. The number of rotatable bonds is 19. The smallest absolute Gasteiger partial charge is 0.293 e. The fraction of sp³-hybridized carbons (Fsp3) is 0.371. The summed E-state index contributed by atoms with van der Waals surface area (Å²) in [5, 5.41) is 22.4. The first kappa shape index (κ1) is 59.1. The topological polar surface area (TPSA) is 279 Å². The molecule has 6 heterocycles. The first-order chi connectivity index (χ1) is 41.3. The number of aromatic nitrogens is 2. The highest BCUT2D eigenvalue weighted by atomic mass is 35.5. The van der Waals surface area contributed by atoms with E-state index in [1.54, 1.807) is 41.4 Å². The Kier molecular flexibility index (Phi) is 17.0. The summed E-state index contributed by atoms with van der Waals surface area (Å²) < 4.78 is 36.5. The van der Waals surface area contributed by atoms with Crippen LogP contribution < -0.4 is 30.3 Å². The fourth-order valence-electron chi connectivity index (χ4n) is 12.2. The van der Waals surface area contributed by atoms with Crippen LogP contribution in [0.25, 0.3) is 16.6 Å². The van der Waals surface area contributed by atoms with Crippen molar-refractivity contribution in [1.29, 1.82) is 0 Å². The molecule has 22 nitrogen and oxygen atoms in total. The second-order valence-electron chi connectivity index (χ2n) is 23.4. The number of pyridine rings is 1. The minimum Gasteiger partial charge on any atom is -0.455 e. The molecule has 3 fully saturated rings. The predicted octanol–water partition coefficient (Wildman–Crippen LogP) is 8.77. The molecule has 6 aromatic rings. The number of hydrogen-bond donors (Lipinski definition) is 5. The molecule has 1 aliphatic carbocycles. The number of piperazine rings is 1. The number of likely N-dealkylation sites (tertiary alicyclic amines) is 1. The van der Waals surface area contributed by atoms with Crippen LogP contribution in [0.2, 0.25) is 5.02 Å². The molecule has 2 aromatic heterocycles. The van der Waals surface area contributed by atoms with Gasteiger partial charge in [-0.1, -0.05) is 49.2 Å². The summed E-state index contributed by atoms with van der Waals surface area (Å²) in [6.45, 7) is 9.83. The lowest BCUT2D eigenvalue weighted by Gasteiger charge is -2.39. The van der Waals surface area contributed by atoms with Crippen molar-refractivity contribution in [2.24, 2.45) is 11.3 Å². The van der Waals surface area contributed by atoms with E-state index in [1.807, 2.05) is 18.2 Å². The number of ether oxygens (including phenoxy) is 1. The van der Waals surface area contributed by atoms with E-state index in [0.717, 1.165) is 67.4 Å². The Morgan fingerprint density at radius 1 is 0.895 bits per heavy atom. The number of H-pyrrole nitrogens is 1. The highest BCUT2D eigenvalue weighted by Gasteiger charge is 2.46. The number of amides is 6. The van der Waals surface area contributed by atoms with Crippen LogP contribution in [0.5, 0.6) is 11.5 Å². The van der Waals surface area contributed by atoms with Gasteiger partial charge in [0.1, 0.15) is 28.9 Å². The lowest BCUT2D eigenvalue weighted by atomic mass is 9.72. The molecule has 4 aliphatic heterocycles. The van der Waals surface area contributed by atoms with Gasteiger partial charge in [0.05, 0.1) is 32.7 Å². The van der Waals surface area contributed by atoms with Gasteiger partial charge >= 0.3 is 0 Å². The van der Waals surface area contributed by atoms with Gasteiger partial charge < -0.3 is 30.2 Å². The number of carbonyl (C=O) groups excluding carboxylic acids is 6. The van der Waals surface area contributed by atoms with Crippen LogP contribution in [0.3, 0.4) is 0 Å². The highest BCUT2D eigenvalue weighted by molar-refractivity contribution is 7.90. The van der Waals surface area contributed by atoms with E-state index in [0.29, 0.717) is 61.1 Å². The summed E-state index contributed by atoms with van der Waals surface area (Å²) in [7, 11) is -4.70. The average molecular weight is 1210 g/mol. The van der Waals surface area contributed by atoms with E-state index in [-0.39, 0.29) is 77.7 Å². The first-order valence-electron chi connectivity index (χ1n) is 28.9. The molecule has 0 saturated carbocycles. The maximum atomic E-state index is 14.2. The van der Waals surface area contributed by atoms with Gasteiger partial charge in [-0.05, 0) is 128 Å². The Morgan fingerprint density at radius 3 is 2.48 bits per heavy atom. The van der Waals surface area contributed by atoms with Crippen molar-refractivity contribution in [1.82, 2.24) is 34.7 Å². The zero-order valence-electron chi connectivity index (χ0n) is 47.7. The number of hydrogen-bond acceptors (Lipinski definition) is 16. The number of nitro groups is 1. The molecule has 2 unspecified atom stereocenters. The highest BCUT2D eigenvalue weighted by Crippen LogP contribution is 2.44. The quantitative estimate of drug-likeness (QED) is 0.0219. The fourth-order valence-corrected chi connectivity index (χ4v) is 13.3. The summed E-state index contributed by atoms with van der Waals surface area (Å²) in [6, 6.07) is 23.7. The number of benzene rings is 4. The van der Waals surface area contributed by atoms with Crippen LogP contribution in [0.4, 0.5) is 22.7 Å². The van der Waals surface area contributed by atoms with Crippen molar-refractivity contribution in [3.63, 3.8) is 0 Å². The molecule has 86 heavy (non-hydrogen) atoms. The summed E-state index contributed by atoms with van der Waals surface area (Å²) in [5.74, 6) is -3.26. The number of anilines is 3. The van der Waals surface area contributed by atoms with E-state index in [2.05, 4.69) is 66.4 Å². The molecule has 5 N–H and O–H groups in total. The molecule has 0 bridgehead atoms. The standard InChI is InChI=1S/C62H66ClN11O11S/c1-62(2)22-20-41(48(33-62)39-10-12-42(63)13-11-39)37-70-26-28-71(29-27-70)43-14-16-46(53(31-43)85-44-30-40-21-24-65-57(40)67-35-44)58(77)69-86(83,84)45-15-17-49(52(32-45)74(81)82)66-34-38-6-5-25-72(36-38)55(76)9-4-23-64-50-8-3-7-47-56(50)61(80)73(60(47)79)51-18-19-54(75)68-59(51)78/h3,7-8,10-17,21,24,30-32,35,38,51,64,66H,4-6,9,18-20,22-23,25-29,33-34,36-37H2,1-2H3,(H,65,67)(H,69,77)(H,68,75,78). The van der Waals surface area contributed by atoms with Gasteiger partial charge in [-0.15, -0.1) is 0 Å². The number of sulfonamides is 1. The molecule has 24 heteroatoms. The number of piperidine rings is 2. The van der Waals surface area contributed by atoms with Gasteiger partial charge in [-0.25, -0.2) is 18.1 Å². The summed E-state index contributed by atoms with van der Waals surface area (Å²) >= 11 is 6.27. The van der Waals surface area contributed by atoms with Gasteiger partial charge in [-0.2, -0.15) is 0 Å². The maximum absolute atomic E-state index is 14.2. The number of nitrogens with zero attached hydrogens (tertiary/aromatic N) is 6. The van der Waals surface area contributed by atoms with Crippen molar-refractivity contribution >= 4 is 96.4 Å². The summed E-state index contributed by atoms with van der Waals surface area (Å²) in [4.78, 5) is 105. The molecule has 4 aromatic carbocycles. The third-order valence-electron chi connectivity index (χ3n) is 16.9. The number of nitro benzene ring substituents is 1. The molecule has 0 radical (unpaired) electrons. The van der Waals surface area contributed by atoms with Crippen LogP contribution in [-0.4, -0.2) is 138 Å². The lowest BCUT2D eigenvalue weighted by Crippen LogP contribution is -2.54. The van der Waals surface area contributed by atoms with Crippen molar-refractivity contribution in [2.75, 3.05) is 74.4 Å². The van der Waals surface area contributed by atoms with Crippen LogP contribution in [0.15, 0.2) is 114 Å². The number of halogens is 1. The molecule has 11 rings (SSSR count). The summed E-state index contributed by atoms with van der Waals surface area (Å²) in [5.41, 5.74) is 5.70. The van der Waals surface area contributed by atoms with Gasteiger partial charge in [0.25, 0.3) is 33.4 Å². The number of aromatic amines is 1. The SMILES string of the molecule is CC1(C)CCC(CN2CCN(c3ccc(C(=O)NS(=O)(=O)c4ccc(NCC5CCCN(C(=O)CCCNc6cccc7c6C(=O)N(C6CCC(=O)NC6=O)C7=O)C5)c([N+](=O)[O-])c4)c(Oc4cnc5[nH]ccc5c4)c3)CC2)=C(c2ccc(Cl)cc2)C1. The second kappa shape index (κ2) is 24.7. The van der Waals surface area contributed by atoms with Crippen molar-refractivity contribution in [3.8, 4) is 11.5 Å².